The lowest BCUT2D eigenvalue weighted by atomic mass is 10.0. The maximum atomic E-state index is 13.7. The molecule has 0 unspecified atom stereocenters. The van der Waals surface area contributed by atoms with Crippen LogP contribution in [-0.4, -0.2) is 12.1 Å². The summed E-state index contributed by atoms with van der Waals surface area (Å²) in [5, 5.41) is 2.97. The zero-order chi connectivity index (χ0) is 18.8. The van der Waals surface area contributed by atoms with E-state index >= 15 is 0 Å². The minimum atomic E-state index is -0.568. The van der Waals surface area contributed by atoms with Gasteiger partial charge in [-0.2, -0.15) is 0 Å². The Labute approximate surface area is 157 Å². The van der Waals surface area contributed by atoms with Crippen molar-refractivity contribution in [3.05, 3.63) is 77.0 Å². The van der Waals surface area contributed by atoms with E-state index in [4.69, 9.17) is 4.74 Å². The molecule has 2 aromatic carbocycles. The predicted octanol–water partition coefficient (Wildman–Crippen LogP) is 5.14. The van der Waals surface area contributed by atoms with Crippen LogP contribution in [0.5, 0.6) is 5.75 Å². The van der Waals surface area contributed by atoms with Gasteiger partial charge < -0.3 is 10.1 Å². The Morgan fingerprint density at radius 2 is 1.78 bits per heavy atom. The fourth-order valence-electron chi connectivity index (χ4n) is 3.53. The number of aromatic nitrogens is 1. The predicted molar refractivity (Wildman–Crippen MR) is 102 cm³/mol. The molecular weight excluding hydrogens is 346 g/mol. The molecule has 1 aliphatic carbocycles. The molecule has 0 radical (unpaired) electrons. The molecule has 1 heterocycles. The summed E-state index contributed by atoms with van der Waals surface area (Å²) in [7, 11) is 1.67. The van der Waals surface area contributed by atoms with Gasteiger partial charge in [0.15, 0.2) is 0 Å². The zero-order valence-electron chi connectivity index (χ0n) is 15.1. The van der Waals surface area contributed by atoms with Gasteiger partial charge in [0.05, 0.1) is 7.11 Å². The number of hydrogen-bond donors (Lipinski definition) is 1. The first kappa shape index (κ1) is 17.5. The Hall–Kier alpha value is -2.95. The smallest absolute Gasteiger partial charge is 0.131 e. The molecule has 1 N–H and O–H groups in total. The number of anilines is 1. The second kappa shape index (κ2) is 7.35. The molecule has 0 saturated heterocycles. The first-order chi connectivity index (χ1) is 13.2. The first-order valence-electron chi connectivity index (χ1n) is 8.98. The van der Waals surface area contributed by atoms with Crippen LogP contribution in [0.15, 0.2) is 48.7 Å². The molecule has 138 valence electrons. The van der Waals surface area contributed by atoms with Crippen molar-refractivity contribution in [2.45, 2.75) is 25.8 Å². The van der Waals surface area contributed by atoms with Gasteiger partial charge in [-0.1, -0.05) is 6.07 Å². The Morgan fingerprint density at radius 3 is 2.44 bits per heavy atom. The van der Waals surface area contributed by atoms with Crippen molar-refractivity contribution in [3.8, 4) is 16.9 Å². The Balaban J connectivity index is 1.54. The van der Waals surface area contributed by atoms with Gasteiger partial charge in [-0.05, 0) is 66.8 Å². The topological polar surface area (TPSA) is 34.1 Å². The molecular formula is C22H20F2N2O. The summed E-state index contributed by atoms with van der Waals surface area (Å²) in [6.07, 6.45) is 5.11. The summed E-state index contributed by atoms with van der Waals surface area (Å²) in [6, 6.07) is 11.9. The molecule has 0 saturated carbocycles. The highest BCUT2D eigenvalue weighted by Gasteiger charge is 2.16. The minimum Gasteiger partial charge on any atom is -0.496 e. The van der Waals surface area contributed by atoms with Crippen molar-refractivity contribution >= 4 is 5.82 Å². The minimum absolute atomic E-state index is 0.00340. The molecule has 0 aliphatic heterocycles. The molecule has 1 aromatic heterocycles. The molecule has 0 atom stereocenters. The lowest BCUT2D eigenvalue weighted by Crippen LogP contribution is -2.05. The maximum Gasteiger partial charge on any atom is 0.131 e. The summed E-state index contributed by atoms with van der Waals surface area (Å²) in [6.45, 7) is 0.0347. The van der Waals surface area contributed by atoms with Gasteiger partial charge in [-0.3, -0.25) is 0 Å². The van der Waals surface area contributed by atoms with E-state index < -0.39 is 11.6 Å². The number of ether oxygens (including phenoxy) is 1. The second-order valence-electron chi connectivity index (χ2n) is 6.66. The van der Waals surface area contributed by atoms with Crippen LogP contribution in [0.2, 0.25) is 0 Å². The van der Waals surface area contributed by atoms with E-state index in [2.05, 4.69) is 22.4 Å². The monoisotopic (exact) mass is 366 g/mol. The Bertz CT molecular complexity index is 951. The number of pyridine rings is 1. The Kier molecular flexibility index (Phi) is 4.75. The van der Waals surface area contributed by atoms with Crippen LogP contribution in [0.4, 0.5) is 14.6 Å². The fourth-order valence-corrected chi connectivity index (χ4v) is 3.53. The quantitative estimate of drug-likeness (QED) is 0.679. The van der Waals surface area contributed by atoms with Crippen molar-refractivity contribution in [1.29, 1.82) is 0 Å². The van der Waals surface area contributed by atoms with Gasteiger partial charge in [0.1, 0.15) is 23.2 Å². The Morgan fingerprint density at radius 1 is 1.04 bits per heavy atom. The SMILES string of the molecule is COc1cc2c(cc1-c1ccc(NCc3c(F)cccc3F)nc1)CCC2. The number of benzene rings is 2. The molecule has 3 aromatic rings. The summed E-state index contributed by atoms with van der Waals surface area (Å²) >= 11 is 0. The van der Waals surface area contributed by atoms with E-state index in [9.17, 15) is 8.78 Å². The van der Waals surface area contributed by atoms with Crippen LogP contribution in [0, 0.1) is 11.6 Å². The third-order valence-corrected chi connectivity index (χ3v) is 5.00. The van der Waals surface area contributed by atoms with E-state index in [0.717, 1.165) is 29.7 Å². The molecule has 0 bridgehead atoms. The highest BCUT2D eigenvalue weighted by Crippen LogP contribution is 2.36. The number of aryl methyl sites for hydroxylation is 2. The van der Waals surface area contributed by atoms with E-state index in [-0.39, 0.29) is 12.1 Å². The fraction of sp³-hybridized carbons (Fsp3) is 0.227. The van der Waals surface area contributed by atoms with Crippen molar-refractivity contribution in [2.24, 2.45) is 0 Å². The van der Waals surface area contributed by atoms with Gasteiger partial charge in [0, 0.05) is 29.4 Å². The molecule has 5 heteroatoms. The number of nitrogens with zero attached hydrogens (tertiary/aromatic N) is 1. The highest BCUT2D eigenvalue weighted by molar-refractivity contribution is 5.72. The van der Waals surface area contributed by atoms with Gasteiger partial charge >= 0.3 is 0 Å². The number of hydrogen-bond acceptors (Lipinski definition) is 3. The number of methoxy groups -OCH3 is 1. The second-order valence-corrected chi connectivity index (χ2v) is 6.66. The highest BCUT2D eigenvalue weighted by atomic mass is 19.1. The third-order valence-electron chi connectivity index (χ3n) is 5.00. The van der Waals surface area contributed by atoms with E-state index in [0.29, 0.717) is 5.82 Å². The van der Waals surface area contributed by atoms with E-state index in [1.165, 1.54) is 35.7 Å². The summed E-state index contributed by atoms with van der Waals surface area (Å²) in [5.41, 5.74) is 4.68. The molecule has 4 rings (SSSR count). The standard InChI is InChI=1S/C22H20F2N2O/c1-27-21-11-15-5-2-4-14(15)10-17(21)16-8-9-22(25-12-16)26-13-18-19(23)6-3-7-20(18)24/h3,6-12H,2,4-5,13H2,1H3,(H,25,26). The van der Waals surface area contributed by atoms with Gasteiger partial charge in [0.2, 0.25) is 0 Å². The number of nitrogens with one attached hydrogen (secondary N) is 1. The molecule has 27 heavy (non-hydrogen) atoms. The number of rotatable bonds is 5. The zero-order valence-corrected chi connectivity index (χ0v) is 15.1. The van der Waals surface area contributed by atoms with Crippen molar-refractivity contribution < 1.29 is 13.5 Å². The maximum absolute atomic E-state index is 13.7. The molecule has 0 amide bonds. The normalized spacial score (nSPS) is 12.7. The van der Waals surface area contributed by atoms with Crippen LogP contribution >= 0.6 is 0 Å². The van der Waals surface area contributed by atoms with Crippen LogP contribution in [0.25, 0.3) is 11.1 Å². The summed E-state index contributed by atoms with van der Waals surface area (Å²) in [5.74, 6) is 0.261. The first-order valence-corrected chi connectivity index (χ1v) is 8.98. The number of fused-ring (bicyclic) bond motifs is 1. The molecule has 1 aliphatic rings. The van der Waals surface area contributed by atoms with Crippen LogP contribution < -0.4 is 10.1 Å². The van der Waals surface area contributed by atoms with Crippen LogP contribution in [-0.2, 0) is 19.4 Å². The van der Waals surface area contributed by atoms with Crippen LogP contribution in [0.1, 0.15) is 23.1 Å². The van der Waals surface area contributed by atoms with E-state index in [1.54, 1.807) is 19.4 Å². The third kappa shape index (κ3) is 3.50. The summed E-state index contributed by atoms with van der Waals surface area (Å²) < 4.78 is 33.0. The van der Waals surface area contributed by atoms with Crippen LogP contribution in [0.3, 0.4) is 0 Å². The largest absolute Gasteiger partial charge is 0.496 e. The molecule has 3 nitrogen and oxygen atoms in total. The van der Waals surface area contributed by atoms with E-state index in [1.807, 2.05) is 6.07 Å². The van der Waals surface area contributed by atoms with Gasteiger partial charge in [-0.25, -0.2) is 13.8 Å². The average molecular weight is 366 g/mol. The van der Waals surface area contributed by atoms with Gasteiger partial charge in [0.25, 0.3) is 0 Å². The molecule has 0 spiro atoms. The average Bonchev–Trinajstić information content (AvgIpc) is 3.14. The summed E-state index contributed by atoms with van der Waals surface area (Å²) in [4.78, 5) is 4.39. The number of halogens is 2. The van der Waals surface area contributed by atoms with Crippen molar-refractivity contribution in [2.75, 3.05) is 12.4 Å². The lowest BCUT2D eigenvalue weighted by Gasteiger charge is -2.13. The molecule has 0 fully saturated rings. The van der Waals surface area contributed by atoms with Crippen molar-refractivity contribution in [1.82, 2.24) is 4.98 Å². The van der Waals surface area contributed by atoms with Gasteiger partial charge in [-0.15, -0.1) is 0 Å². The lowest BCUT2D eigenvalue weighted by molar-refractivity contribution is 0.416. The van der Waals surface area contributed by atoms with Crippen molar-refractivity contribution in [3.63, 3.8) is 0 Å².